The summed E-state index contributed by atoms with van der Waals surface area (Å²) in [7, 11) is 3.34. The highest BCUT2D eigenvalue weighted by molar-refractivity contribution is 5.76. The van der Waals surface area contributed by atoms with Gasteiger partial charge in [-0.25, -0.2) is 0 Å². The van der Waals surface area contributed by atoms with E-state index in [9.17, 15) is 4.79 Å². The third-order valence-electron chi connectivity index (χ3n) is 6.70. The second-order valence-corrected chi connectivity index (χ2v) is 10.7. The van der Waals surface area contributed by atoms with Gasteiger partial charge in [-0.2, -0.15) is 0 Å². The number of ether oxygens (including phenoxy) is 3. The van der Waals surface area contributed by atoms with E-state index in [1.807, 2.05) is 13.8 Å². The number of nitrogens with zero attached hydrogens (tertiary/aromatic N) is 1. The third kappa shape index (κ3) is 5.35. The van der Waals surface area contributed by atoms with Gasteiger partial charge in [0.1, 0.15) is 12.1 Å². The molecule has 0 aliphatic carbocycles. The molecule has 1 aromatic carbocycles. The molecule has 0 amide bonds. The first-order valence-corrected chi connectivity index (χ1v) is 11.5. The quantitative estimate of drug-likeness (QED) is 0.686. The second-order valence-electron chi connectivity index (χ2n) is 10.7. The molecule has 1 fully saturated rings. The van der Waals surface area contributed by atoms with Crippen LogP contribution in [0.3, 0.4) is 0 Å². The number of benzene rings is 1. The van der Waals surface area contributed by atoms with Crippen LogP contribution in [-0.4, -0.2) is 50.3 Å². The van der Waals surface area contributed by atoms with Gasteiger partial charge in [0.15, 0.2) is 11.5 Å². The molecular formula is C25H40N2O4. The summed E-state index contributed by atoms with van der Waals surface area (Å²) in [5.74, 6) is 1.58. The molecule has 2 aliphatic rings. The summed E-state index contributed by atoms with van der Waals surface area (Å²) in [4.78, 5) is 15.3. The van der Waals surface area contributed by atoms with Crippen molar-refractivity contribution in [3.05, 3.63) is 23.3 Å². The van der Waals surface area contributed by atoms with Crippen molar-refractivity contribution in [2.24, 2.45) is 23.0 Å². The van der Waals surface area contributed by atoms with Gasteiger partial charge in [0.25, 0.3) is 0 Å². The number of methoxy groups -OCH3 is 2. The number of rotatable bonds is 6. The van der Waals surface area contributed by atoms with E-state index in [-0.39, 0.29) is 29.4 Å². The molecule has 3 rings (SSSR count). The lowest BCUT2D eigenvalue weighted by atomic mass is 9.75. The maximum absolute atomic E-state index is 12.8. The third-order valence-corrected chi connectivity index (χ3v) is 6.70. The summed E-state index contributed by atoms with van der Waals surface area (Å²) < 4.78 is 17.2. The predicted molar refractivity (Wildman–Crippen MR) is 122 cm³/mol. The molecular weight excluding hydrogens is 392 g/mol. The Bertz CT molecular complexity index is 786. The molecule has 0 unspecified atom stereocenters. The van der Waals surface area contributed by atoms with Gasteiger partial charge in [-0.15, -0.1) is 0 Å². The van der Waals surface area contributed by atoms with E-state index in [2.05, 4.69) is 37.8 Å². The molecule has 174 valence electrons. The number of hydrogen-bond donors (Lipinski definition) is 1. The van der Waals surface area contributed by atoms with Crippen LogP contribution in [0, 0.1) is 17.3 Å². The second kappa shape index (κ2) is 9.37. The lowest BCUT2D eigenvalue weighted by Gasteiger charge is -2.48. The van der Waals surface area contributed by atoms with Gasteiger partial charge in [0, 0.05) is 31.5 Å². The number of piperidine rings is 1. The zero-order chi connectivity index (χ0) is 22.9. The average Bonchev–Trinajstić information content (AvgIpc) is 2.71. The minimum atomic E-state index is -0.587. The van der Waals surface area contributed by atoms with E-state index in [4.69, 9.17) is 19.9 Å². The molecule has 31 heavy (non-hydrogen) atoms. The monoisotopic (exact) mass is 432 g/mol. The highest BCUT2D eigenvalue weighted by atomic mass is 16.5. The van der Waals surface area contributed by atoms with Crippen molar-refractivity contribution in [3.63, 3.8) is 0 Å². The maximum atomic E-state index is 12.8. The van der Waals surface area contributed by atoms with Crippen molar-refractivity contribution >= 4 is 5.97 Å². The summed E-state index contributed by atoms with van der Waals surface area (Å²) in [5, 5.41) is 0. The Labute approximate surface area is 187 Å². The Kier molecular flexibility index (Phi) is 7.21. The van der Waals surface area contributed by atoms with Crippen LogP contribution in [0.15, 0.2) is 12.1 Å². The predicted octanol–water partition coefficient (Wildman–Crippen LogP) is 3.95. The zero-order valence-corrected chi connectivity index (χ0v) is 20.2. The van der Waals surface area contributed by atoms with Crippen LogP contribution in [0.1, 0.15) is 64.6 Å². The number of fused-ring (bicyclic) bond motifs is 3. The van der Waals surface area contributed by atoms with Gasteiger partial charge >= 0.3 is 5.97 Å². The number of nitrogens with two attached hydrogens (primary N) is 1. The van der Waals surface area contributed by atoms with Crippen molar-refractivity contribution in [1.82, 2.24) is 4.90 Å². The van der Waals surface area contributed by atoms with Gasteiger partial charge in [0.2, 0.25) is 0 Å². The first-order valence-electron chi connectivity index (χ1n) is 11.5. The first-order chi connectivity index (χ1) is 14.5. The van der Waals surface area contributed by atoms with Gasteiger partial charge in [-0.05, 0) is 47.4 Å². The van der Waals surface area contributed by atoms with E-state index in [1.165, 1.54) is 11.1 Å². The Morgan fingerprint density at radius 2 is 1.84 bits per heavy atom. The summed E-state index contributed by atoms with van der Waals surface area (Å²) >= 11 is 0. The molecule has 2 N–H and O–H groups in total. The van der Waals surface area contributed by atoms with Gasteiger partial charge in [0.05, 0.1) is 14.2 Å². The number of esters is 1. The number of carbonyl (C=O) groups is 1. The summed E-state index contributed by atoms with van der Waals surface area (Å²) in [6, 6.07) is 3.82. The molecule has 6 nitrogen and oxygen atoms in total. The first kappa shape index (κ1) is 23.9. The lowest BCUT2D eigenvalue weighted by Crippen LogP contribution is -2.51. The smallest absolute Gasteiger partial charge is 0.323 e. The lowest BCUT2D eigenvalue weighted by molar-refractivity contribution is -0.160. The van der Waals surface area contributed by atoms with Crippen LogP contribution < -0.4 is 15.2 Å². The van der Waals surface area contributed by atoms with Crippen LogP contribution >= 0.6 is 0 Å². The minimum Gasteiger partial charge on any atom is -0.493 e. The molecule has 0 radical (unpaired) electrons. The molecule has 0 bridgehead atoms. The molecule has 1 saturated heterocycles. The van der Waals surface area contributed by atoms with Gasteiger partial charge in [-0.1, -0.05) is 34.6 Å². The molecule has 6 heteroatoms. The Morgan fingerprint density at radius 3 is 2.42 bits per heavy atom. The van der Waals surface area contributed by atoms with Crippen molar-refractivity contribution in [2.75, 3.05) is 27.3 Å². The van der Waals surface area contributed by atoms with Crippen molar-refractivity contribution in [2.45, 2.75) is 72.1 Å². The van der Waals surface area contributed by atoms with E-state index in [1.54, 1.807) is 14.2 Å². The van der Waals surface area contributed by atoms with Crippen molar-refractivity contribution < 1.29 is 19.0 Å². The van der Waals surface area contributed by atoms with Gasteiger partial charge < -0.3 is 19.9 Å². The van der Waals surface area contributed by atoms with E-state index in [0.29, 0.717) is 5.92 Å². The Balaban J connectivity index is 1.90. The molecule has 1 aromatic rings. The minimum absolute atomic E-state index is 0.0563. The van der Waals surface area contributed by atoms with Crippen LogP contribution in [0.5, 0.6) is 11.5 Å². The van der Waals surface area contributed by atoms with Crippen LogP contribution in [0.2, 0.25) is 0 Å². The molecule has 0 spiro atoms. The molecule has 0 aromatic heterocycles. The Morgan fingerprint density at radius 1 is 1.19 bits per heavy atom. The summed E-state index contributed by atoms with van der Waals surface area (Å²) in [5.41, 5.74) is 8.82. The standard InChI is InChI=1S/C25H40N2O4/c1-15(2)23(26)24(28)31-20-12-19-18-11-22(30-7)21(29-6)10-16(18)8-9-27(19)14-17(20)13-25(3,4)5/h10-11,15,17,19-20,23H,8-9,12-14,26H2,1-7H3/t17-,19-,20-,23+/m1/s1. The fourth-order valence-electron chi connectivity index (χ4n) is 5.03. The fraction of sp³-hybridized carbons (Fsp3) is 0.720. The van der Waals surface area contributed by atoms with Gasteiger partial charge in [-0.3, -0.25) is 9.69 Å². The number of hydrogen-bond acceptors (Lipinski definition) is 6. The van der Waals surface area contributed by atoms with E-state index < -0.39 is 6.04 Å². The highest BCUT2D eigenvalue weighted by Gasteiger charge is 2.42. The summed E-state index contributed by atoms with van der Waals surface area (Å²) in [6.07, 6.45) is 2.62. The van der Waals surface area contributed by atoms with Crippen LogP contribution in [0.25, 0.3) is 0 Å². The van der Waals surface area contributed by atoms with E-state index in [0.717, 1.165) is 43.9 Å². The Hall–Kier alpha value is -1.79. The van der Waals surface area contributed by atoms with Crippen molar-refractivity contribution in [3.8, 4) is 11.5 Å². The van der Waals surface area contributed by atoms with Crippen molar-refractivity contribution in [1.29, 1.82) is 0 Å². The maximum Gasteiger partial charge on any atom is 0.323 e. The highest BCUT2D eigenvalue weighted by Crippen LogP contribution is 2.45. The number of carbonyl (C=O) groups excluding carboxylic acids is 1. The fourth-order valence-corrected chi connectivity index (χ4v) is 5.03. The normalized spacial score (nSPS) is 24.9. The molecule has 4 atom stereocenters. The zero-order valence-electron chi connectivity index (χ0n) is 20.2. The largest absolute Gasteiger partial charge is 0.493 e. The molecule has 2 aliphatic heterocycles. The average molecular weight is 433 g/mol. The van der Waals surface area contributed by atoms with Crippen LogP contribution in [0.4, 0.5) is 0 Å². The topological polar surface area (TPSA) is 74.0 Å². The van der Waals surface area contributed by atoms with Crippen LogP contribution in [-0.2, 0) is 16.0 Å². The molecule has 2 heterocycles. The molecule has 0 saturated carbocycles. The van der Waals surface area contributed by atoms with E-state index >= 15 is 0 Å². The summed E-state index contributed by atoms with van der Waals surface area (Å²) in [6.45, 7) is 12.6. The SMILES string of the molecule is COc1cc2c(cc1OC)[C@H]1C[C@@H](OC(=O)[C@@H](N)C(C)C)[C@H](CC(C)(C)C)CN1CC2.